The molecule has 2 heterocycles. The Morgan fingerprint density at radius 2 is 2.05 bits per heavy atom. The Balaban J connectivity index is 1.69. The van der Waals surface area contributed by atoms with Crippen LogP contribution in [0.1, 0.15) is 44.3 Å². The highest BCUT2D eigenvalue weighted by Gasteiger charge is 2.30. The molecular formula is C17H24N4. The molecule has 4 rings (SSSR count). The number of likely N-dealkylation sites (tertiary alicyclic amines) is 1. The molecule has 0 bridgehead atoms. The Morgan fingerprint density at radius 1 is 1.29 bits per heavy atom. The minimum atomic E-state index is 0.583. The lowest BCUT2D eigenvalue weighted by Gasteiger charge is -2.25. The number of anilines is 1. The second-order valence-corrected chi connectivity index (χ2v) is 6.70. The van der Waals surface area contributed by atoms with Gasteiger partial charge >= 0.3 is 0 Å². The Morgan fingerprint density at radius 3 is 2.76 bits per heavy atom. The summed E-state index contributed by atoms with van der Waals surface area (Å²) in [5, 5.41) is 0. The van der Waals surface area contributed by atoms with Gasteiger partial charge in [0.1, 0.15) is 5.82 Å². The van der Waals surface area contributed by atoms with Gasteiger partial charge in [-0.05, 0) is 63.9 Å². The largest absolute Gasteiger partial charge is 0.399 e. The summed E-state index contributed by atoms with van der Waals surface area (Å²) in [7, 11) is 0. The van der Waals surface area contributed by atoms with Crippen LogP contribution < -0.4 is 5.73 Å². The fourth-order valence-electron chi connectivity index (χ4n) is 3.57. The Bertz CT molecular complexity index is 650. The van der Waals surface area contributed by atoms with E-state index in [4.69, 9.17) is 10.7 Å². The van der Waals surface area contributed by atoms with Gasteiger partial charge in [0.25, 0.3) is 0 Å². The molecule has 1 aromatic heterocycles. The molecule has 1 saturated carbocycles. The normalized spacial score (nSPS) is 21.2. The van der Waals surface area contributed by atoms with Crippen LogP contribution in [0.15, 0.2) is 18.2 Å². The van der Waals surface area contributed by atoms with E-state index >= 15 is 0 Å². The zero-order valence-electron chi connectivity index (χ0n) is 12.8. The van der Waals surface area contributed by atoms with Crippen LogP contribution in [0.2, 0.25) is 0 Å². The molecule has 4 nitrogen and oxygen atoms in total. The fraction of sp³-hybridized carbons (Fsp3) is 0.588. The summed E-state index contributed by atoms with van der Waals surface area (Å²) < 4.78 is 2.45. The first-order valence-corrected chi connectivity index (χ1v) is 8.22. The smallest absolute Gasteiger partial charge is 0.113 e. The van der Waals surface area contributed by atoms with Crippen LogP contribution in [-0.4, -0.2) is 33.6 Å². The number of hydrogen-bond donors (Lipinski definition) is 1. The van der Waals surface area contributed by atoms with E-state index in [0.29, 0.717) is 12.0 Å². The Labute approximate surface area is 125 Å². The quantitative estimate of drug-likeness (QED) is 0.878. The highest BCUT2D eigenvalue weighted by molar-refractivity contribution is 5.79. The standard InChI is InChI=1S/C17H24N4/c1-12(20-8-2-3-9-20)11-21-16-7-6-14(18)10-15(16)19-17(21)13-4-5-13/h6-7,10,12-13H,2-5,8-9,11,18H2,1H3. The van der Waals surface area contributed by atoms with E-state index in [1.54, 1.807) is 0 Å². The van der Waals surface area contributed by atoms with Gasteiger partial charge < -0.3 is 10.3 Å². The monoisotopic (exact) mass is 284 g/mol. The number of nitrogens with two attached hydrogens (primary N) is 1. The van der Waals surface area contributed by atoms with Gasteiger partial charge in [0.2, 0.25) is 0 Å². The molecule has 2 N–H and O–H groups in total. The van der Waals surface area contributed by atoms with E-state index in [9.17, 15) is 0 Å². The second kappa shape index (κ2) is 5.02. The average molecular weight is 284 g/mol. The van der Waals surface area contributed by atoms with Gasteiger partial charge in [-0.25, -0.2) is 4.98 Å². The van der Waals surface area contributed by atoms with Crippen molar-refractivity contribution >= 4 is 16.7 Å². The first-order chi connectivity index (χ1) is 10.2. The number of imidazole rings is 1. The van der Waals surface area contributed by atoms with Crippen molar-refractivity contribution in [3.63, 3.8) is 0 Å². The lowest BCUT2D eigenvalue weighted by atomic mass is 10.2. The lowest BCUT2D eigenvalue weighted by Crippen LogP contribution is -2.34. The van der Waals surface area contributed by atoms with Crippen LogP contribution in [0, 0.1) is 0 Å². The Hall–Kier alpha value is -1.55. The third-order valence-electron chi connectivity index (χ3n) is 4.96. The van der Waals surface area contributed by atoms with Gasteiger partial charge in [-0.15, -0.1) is 0 Å². The van der Waals surface area contributed by atoms with Crippen molar-refractivity contribution in [1.82, 2.24) is 14.5 Å². The zero-order chi connectivity index (χ0) is 14.4. The van der Waals surface area contributed by atoms with Gasteiger partial charge in [0, 0.05) is 24.2 Å². The molecule has 1 aliphatic carbocycles. The molecule has 4 heteroatoms. The molecule has 1 atom stereocenters. The molecule has 112 valence electrons. The maximum Gasteiger partial charge on any atom is 0.113 e. The molecule has 1 aromatic carbocycles. The van der Waals surface area contributed by atoms with Crippen LogP contribution in [-0.2, 0) is 6.54 Å². The van der Waals surface area contributed by atoms with Crippen molar-refractivity contribution in [3.05, 3.63) is 24.0 Å². The van der Waals surface area contributed by atoms with E-state index < -0.39 is 0 Å². The van der Waals surface area contributed by atoms with Gasteiger partial charge in [-0.1, -0.05) is 0 Å². The van der Waals surface area contributed by atoms with E-state index in [0.717, 1.165) is 17.7 Å². The second-order valence-electron chi connectivity index (χ2n) is 6.70. The van der Waals surface area contributed by atoms with Crippen molar-refractivity contribution < 1.29 is 0 Å². The van der Waals surface area contributed by atoms with Gasteiger partial charge in [-0.3, -0.25) is 4.90 Å². The summed E-state index contributed by atoms with van der Waals surface area (Å²) in [6, 6.07) is 6.73. The summed E-state index contributed by atoms with van der Waals surface area (Å²) >= 11 is 0. The van der Waals surface area contributed by atoms with Crippen LogP contribution in [0.3, 0.4) is 0 Å². The molecular weight excluding hydrogens is 260 g/mol. The maximum atomic E-state index is 5.92. The number of nitrogens with zero attached hydrogens (tertiary/aromatic N) is 3. The van der Waals surface area contributed by atoms with Crippen molar-refractivity contribution in [2.24, 2.45) is 0 Å². The highest BCUT2D eigenvalue weighted by atomic mass is 15.2. The number of rotatable bonds is 4. The van der Waals surface area contributed by atoms with Crippen molar-refractivity contribution in [1.29, 1.82) is 0 Å². The van der Waals surface area contributed by atoms with Gasteiger partial charge in [0.05, 0.1) is 11.0 Å². The van der Waals surface area contributed by atoms with Crippen LogP contribution in [0.5, 0.6) is 0 Å². The van der Waals surface area contributed by atoms with E-state index in [-0.39, 0.29) is 0 Å². The summed E-state index contributed by atoms with van der Waals surface area (Å²) in [6.45, 7) is 5.90. The minimum Gasteiger partial charge on any atom is -0.399 e. The van der Waals surface area contributed by atoms with Crippen molar-refractivity contribution in [2.75, 3.05) is 18.8 Å². The topological polar surface area (TPSA) is 47.1 Å². The predicted molar refractivity (Wildman–Crippen MR) is 86.4 cm³/mol. The minimum absolute atomic E-state index is 0.583. The Kier molecular flexibility index (Phi) is 3.14. The molecule has 0 radical (unpaired) electrons. The predicted octanol–water partition coefficient (Wildman–Crippen LogP) is 2.98. The molecule has 2 fully saturated rings. The first-order valence-electron chi connectivity index (χ1n) is 8.22. The first kappa shape index (κ1) is 13.1. The average Bonchev–Trinajstić information content (AvgIpc) is 3.04. The number of aromatic nitrogens is 2. The third kappa shape index (κ3) is 2.42. The van der Waals surface area contributed by atoms with Crippen LogP contribution >= 0.6 is 0 Å². The number of hydrogen-bond acceptors (Lipinski definition) is 3. The number of benzene rings is 1. The maximum absolute atomic E-state index is 5.92. The molecule has 1 saturated heterocycles. The zero-order valence-corrected chi connectivity index (χ0v) is 12.8. The summed E-state index contributed by atoms with van der Waals surface area (Å²) in [4.78, 5) is 7.49. The summed E-state index contributed by atoms with van der Waals surface area (Å²) in [5.74, 6) is 1.95. The fourth-order valence-corrected chi connectivity index (χ4v) is 3.57. The van der Waals surface area contributed by atoms with Gasteiger partial charge in [0.15, 0.2) is 0 Å². The number of fused-ring (bicyclic) bond motifs is 1. The highest BCUT2D eigenvalue weighted by Crippen LogP contribution is 2.41. The van der Waals surface area contributed by atoms with Crippen molar-refractivity contribution in [3.8, 4) is 0 Å². The molecule has 0 amide bonds. The van der Waals surface area contributed by atoms with Crippen LogP contribution in [0.25, 0.3) is 11.0 Å². The molecule has 1 unspecified atom stereocenters. The molecule has 0 spiro atoms. The van der Waals surface area contributed by atoms with E-state index in [1.165, 1.54) is 50.1 Å². The molecule has 21 heavy (non-hydrogen) atoms. The summed E-state index contributed by atoms with van der Waals surface area (Å²) in [6.07, 6.45) is 5.27. The molecule has 2 aromatic rings. The third-order valence-corrected chi connectivity index (χ3v) is 4.96. The van der Waals surface area contributed by atoms with E-state index in [1.807, 2.05) is 12.1 Å². The molecule has 1 aliphatic heterocycles. The van der Waals surface area contributed by atoms with Crippen molar-refractivity contribution in [2.45, 2.75) is 51.1 Å². The molecule has 2 aliphatic rings. The SMILES string of the molecule is CC(Cn1c(C2CC2)nc2cc(N)ccc21)N1CCCC1. The van der Waals surface area contributed by atoms with Crippen LogP contribution in [0.4, 0.5) is 5.69 Å². The van der Waals surface area contributed by atoms with Gasteiger partial charge in [-0.2, -0.15) is 0 Å². The number of nitrogen functional groups attached to an aromatic ring is 1. The lowest BCUT2D eigenvalue weighted by molar-refractivity contribution is 0.236. The van der Waals surface area contributed by atoms with E-state index in [2.05, 4.69) is 22.5 Å². The summed E-state index contributed by atoms with van der Waals surface area (Å²) in [5.41, 5.74) is 9.03.